The van der Waals surface area contributed by atoms with Gasteiger partial charge in [-0.05, 0) is 6.92 Å². The molecule has 0 aromatic rings. The number of esters is 1. The van der Waals surface area contributed by atoms with Crippen LogP contribution in [0, 0.1) is 0 Å². The lowest BCUT2D eigenvalue weighted by Crippen LogP contribution is -2.82. The lowest BCUT2D eigenvalue weighted by Gasteiger charge is -2.48. The van der Waals surface area contributed by atoms with Crippen LogP contribution < -0.4 is 0 Å². The van der Waals surface area contributed by atoms with Crippen molar-refractivity contribution in [1.82, 2.24) is 0 Å². The molecule has 1 unspecified atom stereocenters. The van der Waals surface area contributed by atoms with Gasteiger partial charge in [0, 0.05) is 5.57 Å². The molecule has 0 aliphatic carbocycles. The number of rotatable bonds is 16. The van der Waals surface area contributed by atoms with Crippen LogP contribution in [0.15, 0.2) is 12.2 Å². The summed E-state index contributed by atoms with van der Waals surface area (Å²) < 4.78 is 508. The fourth-order valence-corrected chi connectivity index (χ4v) is 3.63. The second-order valence-electron chi connectivity index (χ2n) is 11.4. The van der Waals surface area contributed by atoms with E-state index in [-0.39, 0.29) is 0 Å². The van der Waals surface area contributed by atoms with Gasteiger partial charge in [0.05, 0.1) is 0 Å². The van der Waals surface area contributed by atoms with Crippen LogP contribution in [0.3, 0.4) is 0 Å². The molecule has 364 valence electrons. The average molecular weight is 1000 g/mol. The quantitative estimate of drug-likeness (QED) is 0.0875. The molecule has 0 N–H and O–H groups in total. The van der Waals surface area contributed by atoms with Gasteiger partial charge in [-0.2, -0.15) is 158 Å². The Kier molecular flexibility index (Phi) is 13.3. The van der Waals surface area contributed by atoms with Gasteiger partial charge in [-0.15, -0.1) is 0 Å². The Labute approximate surface area is 305 Å². The summed E-state index contributed by atoms with van der Waals surface area (Å²) in [5, 5.41) is 0. The number of ether oxygens (including phenoxy) is 1. The molecule has 39 heteroatoms. The number of carbonyl (C=O) groups is 1. The lowest BCUT2D eigenvalue weighted by molar-refractivity contribution is -0.502. The molecule has 0 aliphatic heterocycles. The number of carbonyl (C=O) groups excluding carboxylic acids is 1. The predicted octanol–water partition coefficient (Wildman–Crippen LogP) is 12.4. The lowest BCUT2D eigenvalue weighted by atomic mass is 9.80. The van der Waals surface area contributed by atoms with Crippen LogP contribution in [0.25, 0.3) is 0 Å². The van der Waals surface area contributed by atoms with E-state index in [1.54, 1.807) is 4.74 Å². The maximum atomic E-state index is 15.3. The first-order valence-electron chi connectivity index (χ1n) is 13.0. The Hall–Kier alpha value is -3.38. The zero-order valence-electron chi connectivity index (χ0n) is 26.5. The minimum absolute atomic E-state index is 0.516. The Bertz CT molecular complexity index is 1640. The molecular formula is C22H5F37O2. The first-order valence-corrected chi connectivity index (χ1v) is 13.0. The number of hydrogen-bond acceptors (Lipinski definition) is 2. The monoisotopic (exact) mass is 1000 g/mol. The molecule has 0 saturated heterocycles. The third-order valence-corrected chi connectivity index (χ3v) is 7.30. The van der Waals surface area contributed by atoms with Gasteiger partial charge in [0.15, 0.2) is 0 Å². The van der Waals surface area contributed by atoms with Crippen molar-refractivity contribution in [1.29, 1.82) is 0 Å². The van der Waals surface area contributed by atoms with Gasteiger partial charge >= 0.3 is 113 Å². The van der Waals surface area contributed by atoms with E-state index in [2.05, 4.69) is 0 Å². The number of hydrogen-bond donors (Lipinski definition) is 0. The van der Waals surface area contributed by atoms with Crippen molar-refractivity contribution < 1.29 is 172 Å². The van der Waals surface area contributed by atoms with Crippen molar-refractivity contribution in [3.8, 4) is 0 Å². The van der Waals surface area contributed by atoms with Crippen molar-refractivity contribution in [2.75, 3.05) is 0 Å². The summed E-state index contributed by atoms with van der Waals surface area (Å²) in [6.07, 6.45) is -26.4. The molecule has 1 atom stereocenters. The zero-order valence-corrected chi connectivity index (χ0v) is 26.5. The molecule has 2 nitrogen and oxygen atoms in total. The van der Waals surface area contributed by atoms with E-state index < -0.39 is 126 Å². The summed E-state index contributed by atoms with van der Waals surface area (Å²) in [5.74, 6) is -145. The summed E-state index contributed by atoms with van der Waals surface area (Å²) in [5.41, 5.74) is -12.1. The van der Waals surface area contributed by atoms with Gasteiger partial charge in [0.1, 0.15) is 0 Å². The van der Waals surface area contributed by atoms with E-state index in [0.29, 0.717) is 0 Å². The highest BCUT2D eigenvalue weighted by molar-refractivity contribution is 5.87. The van der Waals surface area contributed by atoms with Gasteiger partial charge in [-0.25, -0.2) is 9.18 Å². The van der Waals surface area contributed by atoms with Crippen molar-refractivity contribution in [3.05, 3.63) is 12.2 Å². The van der Waals surface area contributed by atoms with Gasteiger partial charge < -0.3 is 4.74 Å². The van der Waals surface area contributed by atoms with Crippen molar-refractivity contribution in [3.63, 3.8) is 0 Å². The normalized spacial score (nSPS) is 17.6. The molecule has 0 aromatic heterocycles. The number of halogens is 37. The maximum Gasteiger partial charge on any atom is 0.460 e. The molecule has 0 radical (unpaired) electrons. The van der Waals surface area contributed by atoms with Crippen LogP contribution in [0.4, 0.5) is 162 Å². The van der Waals surface area contributed by atoms with E-state index in [4.69, 9.17) is 0 Å². The highest BCUT2D eigenvalue weighted by atomic mass is 19.5. The Morgan fingerprint density at radius 3 is 0.656 bits per heavy atom. The predicted molar refractivity (Wildman–Crippen MR) is 111 cm³/mol. The zero-order chi connectivity index (χ0) is 50.9. The van der Waals surface area contributed by atoms with Gasteiger partial charge in [0.25, 0.3) is 0 Å². The Morgan fingerprint density at radius 1 is 0.295 bits per heavy atom. The molecule has 0 bridgehead atoms. The summed E-state index contributed by atoms with van der Waals surface area (Å²) in [6.45, 7) is 1.32. The summed E-state index contributed by atoms with van der Waals surface area (Å²) in [7, 11) is 0. The van der Waals surface area contributed by atoms with Crippen molar-refractivity contribution in [2.24, 2.45) is 0 Å². The summed E-state index contributed by atoms with van der Waals surface area (Å²) in [4.78, 5) is 11.4. The third kappa shape index (κ3) is 6.71. The van der Waals surface area contributed by atoms with Gasteiger partial charge in [0.2, 0.25) is 0 Å². The highest BCUT2D eigenvalue weighted by Crippen LogP contribution is 2.71. The standard InChI is InChI=1S/C22H5F37O2/c1-3(2)4(60)61-19(50,17(46,47)14(40,41)11(34,35)9(30,31)12(36,37)15(42,43)18(48,49)22(57,58)59)16(44,45)13(38,39)10(32,33)8(28,29)7(26,27)6(24,25)5(23,20(51,52)53)21(54,55)56/h1H2,2H3. The second kappa shape index (κ2) is 14.1. The van der Waals surface area contributed by atoms with E-state index >= 15 is 4.39 Å². The SMILES string of the molecule is C=C(C)C(=O)OC(F)(C(F)(F)C(F)(F)C(F)(F)C(F)(F)C(F)(F)C(F)(F)C(F)(F)C(F)(F)F)C(F)(F)C(F)(F)C(F)(F)C(F)(F)C(F)(F)C(F)(F)C(F)(C(F)(F)F)C(F)(F)F. The maximum absolute atomic E-state index is 15.3. The molecule has 0 amide bonds. The third-order valence-electron chi connectivity index (χ3n) is 7.30. The van der Waals surface area contributed by atoms with Crippen LogP contribution in [0.5, 0.6) is 0 Å². The highest BCUT2D eigenvalue weighted by Gasteiger charge is 3.03. The first-order chi connectivity index (χ1) is 25.6. The van der Waals surface area contributed by atoms with Crippen molar-refractivity contribution in [2.45, 2.75) is 114 Å². The summed E-state index contributed by atoms with van der Waals surface area (Å²) >= 11 is 0. The Morgan fingerprint density at radius 2 is 0.475 bits per heavy atom. The van der Waals surface area contributed by atoms with E-state index in [1.807, 2.05) is 6.58 Å². The molecule has 61 heavy (non-hydrogen) atoms. The smallest absolute Gasteiger partial charge is 0.413 e. The summed E-state index contributed by atoms with van der Waals surface area (Å²) in [6, 6.07) is 0. The van der Waals surface area contributed by atoms with Crippen LogP contribution in [0.2, 0.25) is 0 Å². The second-order valence-corrected chi connectivity index (χ2v) is 11.4. The van der Waals surface area contributed by atoms with Crippen molar-refractivity contribution >= 4 is 5.97 Å². The molecule has 0 aliphatic rings. The van der Waals surface area contributed by atoms with E-state index in [9.17, 15) is 163 Å². The van der Waals surface area contributed by atoms with Crippen LogP contribution in [-0.4, -0.2) is 113 Å². The largest absolute Gasteiger partial charge is 0.460 e. The number of alkyl halides is 37. The minimum Gasteiger partial charge on any atom is -0.413 e. The molecule has 0 spiro atoms. The molecule has 0 saturated carbocycles. The van der Waals surface area contributed by atoms with Gasteiger partial charge in [-0.1, -0.05) is 6.58 Å². The molecular weight excluding hydrogens is 999 g/mol. The minimum atomic E-state index is -10.4. The topological polar surface area (TPSA) is 26.3 Å². The molecule has 0 fully saturated rings. The molecule has 0 rings (SSSR count). The van der Waals surface area contributed by atoms with Crippen LogP contribution in [-0.2, 0) is 9.53 Å². The average Bonchev–Trinajstić information content (AvgIpc) is 3.00. The Balaban J connectivity index is 8.60. The fourth-order valence-electron chi connectivity index (χ4n) is 3.63. The molecule has 0 heterocycles. The fraction of sp³-hybridized carbons (Fsp3) is 0.864. The van der Waals surface area contributed by atoms with Gasteiger partial charge in [-0.3, -0.25) is 0 Å². The molecule has 0 aromatic carbocycles. The van der Waals surface area contributed by atoms with E-state index in [0.717, 1.165) is 0 Å². The first kappa shape index (κ1) is 57.6. The van der Waals surface area contributed by atoms with Crippen LogP contribution >= 0.6 is 0 Å². The van der Waals surface area contributed by atoms with E-state index in [1.165, 1.54) is 0 Å². The van der Waals surface area contributed by atoms with Crippen LogP contribution in [0.1, 0.15) is 6.92 Å².